The number of fused-ring (bicyclic) bond motifs is 1. The van der Waals surface area contributed by atoms with Gasteiger partial charge in [0.1, 0.15) is 4.90 Å². The van der Waals surface area contributed by atoms with Crippen LogP contribution in [0.5, 0.6) is 0 Å². The van der Waals surface area contributed by atoms with Crippen LogP contribution in [0.2, 0.25) is 0 Å². The SMILES string of the molecule is COS(=O)(=O)c1cccc2ccccc12.[Ca+2].[H-].[H-]. The molecule has 0 bridgehead atoms. The summed E-state index contributed by atoms with van der Waals surface area (Å²) in [6.07, 6.45) is 0. The maximum Gasteiger partial charge on any atom is 2.00 e. The third kappa shape index (κ3) is 2.57. The van der Waals surface area contributed by atoms with Crippen LogP contribution >= 0.6 is 0 Å². The minimum absolute atomic E-state index is 0. The molecule has 5 heteroatoms. The smallest absolute Gasteiger partial charge is 1.00 e. The van der Waals surface area contributed by atoms with Crippen molar-refractivity contribution in [1.82, 2.24) is 0 Å². The van der Waals surface area contributed by atoms with E-state index in [1.165, 1.54) is 0 Å². The van der Waals surface area contributed by atoms with Crippen molar-refractivity contribution in [2.24, 2.45) is 0 Å². The van der Waals surface area contributed by atoms with Crippen LogP contribution in [0.4, 0.5) is 0 Å². The van der Waals surface area contributed by atoms with Crippen LogP contribution in [0, 0.1) is 0 Å². The molecule has 2 rings (SSSR count). The Morgan fingerprint density at radius 1 is 1.06 bits per heavy atom. The molecular formula is C11H12CaO3S. The van der Waals surface area contributed by atoms with Gasteiger partial charge in [-0.3, -0.25) is 4.18 Å². The zero-order valence-corrected chi connectivity index (χ0v) is 11.9. The molecule has 3 nitrogen and oxygen atoms in total. The Morgan fingerprint density at radius 2 is 1.69 bits per heavy atom. The largest absolute Gasteiger partial charge is 2.00 e. The molecule has 0 N–H and O–H groups in total. The predicted molar refractivity (Wildman–Crippen MR) is 66.1 cm³/mol. The van der Waals surface area contributed by atoms with Crippen molar-refractivity contribution in [3.8, 4) is 0 Å². The molecule has 0 aliphatic heterocycles. The average Bonchev–Trinajstić information content (AvgIpc) is 2.28. The van der Waals surface area contributed by atoms with Gasteiger partial charge in [0.05, 0.1) is 7.11 Å². The first kappa shape index (κ1) is 13.9. The summed E-state index contributed by atoms with van der Waals surface area (Å²) in [6, 6.07) is 12.4. The van der Waals surface area contributed by atoms with Gasteiger partial charge >= 0.3 is 37.7 Å². The van der Waals surface area contributed by atoms with Gasteiger partial charge in [-0.2, -0.15) is 8.42 Å². The first-order valence-corrected chi connectivity index (χ1v) is 5.84. The molecule has 2 aromatic carbocycles. The van der Waals surface area contributed by atoms with Gasteiger partial charge in [-0.15, -0.1) is 0 Å². The van der Waals surface area contributed by atoms with Crippen molar-refractivity contribution in [2.75, 3.05) is 7.11 Å². The Bertz CT molecular complexity index is 597. The van der Waals surface area contributed by atoms with Gasteiger partial charge in [0, 0.05) is 5.39 Å². The number of hydrogen-bond acceptors (Lipinski definition) is 3. The van der Waals surface area contributed by atoms with E-state index in [0.717, 1.165) is 12.5 Å². The fourth-order valence-corrected chi connectivity index (χ4v) is 2.38. The summed E-state index contributed by atoms with van der Waals surface area (Å²) < 4.78 is 27.7. The number of hydrogen-bond donors (Lipinski definition) is 0. The molecule has 0 spiro atoms. The van der Waals surface area contributed by atoms with Crippen LogP contribution in [-0.2, 0) is 14.3 Å². The van der Waals surface area contributed by atoms with E-state index >= 15 is 0 Å². The Hall–Kier alpha value is -0.130. The van der Waals surface area contributed by atoms with Crippen molar-refractivity contribution in [2.45, 2.75) is 4.90 Å². The molecule has 0 unspecified atom stereocenters. The third-order valence-electron chi connectivity index (χ3n) is 2.24. The summed E-state index contributed by atoms with van der Waals surface area (Å²) in [5.74, 6) is 0. The zero-order chi connectivity index (χ0) is 10.9. The Balaban J connectivity index is 0. The molecule has 0 aliphatic carbocycles. The van der Waals surface area contributed by atoms with E-state index < -0.39 is 10.1 Å². The quantitative estimate of drug-likeness (QED) is 0.615. The molecule has 0 radical (unpaired) electrons. The van der Waals surface area contributed by atoms with Crippen molar-refractivity contribution in [1.29, 1.82) is 0 Å². The molecule has 0 atom stereocenters. The Morgan fingerprint density at radius 3 is 2.38 bits per heavy atom. The minimum Gasteiger partial charge on any atom is -1.00 e. The van der Waals surface area contributed by atoms with E-state index in [4.69, 9.17) is 0 Å². The van der Waals surface area contributed by atoms with Gasteiger partial charge in [-0.05, 0) is 11.5 Å². The van der Waals surface area contributed by atoms with E-state index in [-0.39, 0.29) is 45.5 Å². The third-order valence-corrected chi connectivity index (χ3v) is 3.57. The molecule has 16 heavy (non-hydrogen) atoms. The summed E-state index contributed by atoms with van der Waals surface area (Å²) in [5.41, 5.74) is 0. The topological polar surface area (TPSA) is 43.4 Å². The second-order valence-electron chi connectivity index (χ2n) is 3.10. The predicted octanol–water partition coefficient (Wildman–Crippen LogP) is 2.02. The summed E-state index contributed by atoms with van der Waals surface area (Å²) in [6.45, 7) is 0. The standard InChI is InChI=1S/C11H10O3S.Ca.2H/c1-14-15(12,13)11-8-4-6-9-5-2-3-7-10(9)11;;;/h2-8H,1H3;;;/q;+2;2*-1. The fourth-order valence-electron chi connectivity index (χ4n) is 1.50. The second-order valence-corrected chi connectivity index (χ2v) is 4.78. The van der Waals surface area contributed by atoms with Crippen LogP contribution < -0.4 is 0 Å². The van der Waals surface area contributed by atoms with Gasteiger partial charge < -0.3 is 2.85 Å². The molecule has 0 heterocycles. The number of benzene rings is 2. The van der Waals surface area contributed by atoms with Gasteiger partial charge in [-0.25, -0.2) is 0 Å². The first-order valence-electron chi connectivity index (χ1n) is 4.43. The molecular weight excluding hydrogens is 252 g/mol. The van der Waals surface area contributed by atoms with Crippen molar-refractivity contribution in [3.63, 3.8) is 0 Å². The van der Waals surface area contributed by atoms with E-state index in [1.807, 2.05) is 18.2 Å². The molecule has 0 aromatic heterocycles. The van der Waals surface area contributed by atoms with Crippen LogP contribution in [0.1, 0.15) is 2.85 Å². The molecule has 82 valence electrons. The van der Waals surface area contributed by atoms with Crippen LogP contribution in [0.15, 0.2) is 47.4 Å². The van der Waals surface area contributed by atoms with Crippen molar-refractivity contribution in [3.05, 3.63) is 42.5 Å². The number of rotatable bonds is 2. The van der Waals surface area contributed by atoms with E-state index in [9.17, 15) is 8.42 Å². The Labute approximate surface area is 128 Å². The van der Waals surface area contributed by atoms with E-state index in [2.05, 4.69) is 4.18 Å². The maximum absolute atomic E-state index is 11.6. The van der Waals surface area contributed by atoms with Gasteiger partial charge in [0.15, 0.2) is 0 Å². The van der Waals surface area contributed by atoms with Crippen LogP contribution in [0.25, 0.3) is 10.8 Å². The summed E-state index contributed by atoms with van der Waals surface area (Å²) in [5, 5.41) is 1.57. The second kappa shape index (κ2) is 5.47. The summed E-state index contributed by atoms with van der Waals surface area (Å²) in [4.78, 5) is 0.211. The van der Waals surface area contributed by atoms with Gasteiger partial charge in [0.2, 0.25) is 0 Å². The first-order chi connectivity index (χ1) is 7.15. The van der Waals surface area contributed by atoms with E-state index in [1.54, 1.807) is 24.3 Å². The maximum atomic E-state index is 11.6. The van der Waals surface area contributed by atoms with Crippen molar-refractivity contribution < 1.29 is 15.5 Å². The molecule has 0 aliphatic rings. The van der Waals surface area contributed by atoms with Gasteiger partial charge in [0.25, 0.3) is 10.1 Å². The molecule has 0 saturated heterocycles. The monoisotopic (exact) mass is 264 g/mol. The molecule has 0 saturated carbocycles. The average molecular weight is 264 g/mol. The van der Waals surface area contributed by atoms with Crippen molar-refractivity contribution >= 4 is 58.6 Å². The van der Waals surface area contributed by atoms with E-state index in [0.29, 0.717) is 5.39 Å². The van der Waals surface area contributed by atoms with Crippen LogP contribution in [0.3, 0.4) is 0 Å². The Kier molecular flexibility index (Phi) is 4.76. The van der Waals surface area contributed by atoms with Crippen LogP contribution in [-0.4, -0.2) is 53.3 Å². The normalized spacial score (nSPS) is 11.1. The van der Waals surface area contributed by atoms with Gasteiger partial charge in [-0.1, -0.05) is 36.4 Å². The molecule has 0 amide bonds. The summed E-state index contributed by atoms with van der Waals surface area (Å²) in [7, 11) is -2.46. The minimum atomic E-state index is -3.62. The molecule has 0 fully saturated rings. The zero-order valence-electron chi connectivity index (χ0n) is 10.9. The summed E-state index contributed by atoms with van der Waals surface area (Å²) >= 11 is 0. The fraction of sp³-hybridized carbons (Fsp3) is 0.0909. The molecule has 2 aromatic rings.